The number of halogens is 3. The molecule has 0 saturated heterocycles. The normalized spacial score (nSPS) is 12.7. The fourth-order valence-corrected chi connectivity index (χ4v) is 2.71. The summed E-state index contributed by atoms with van der Waals surface area (Å²) in [6.45, 7) is 1.90. The van der Waals surface area contributed by atoms with Crippen LogP contribution >= 0.6 is 27.5 Å². The number of rotatable bonds is 3. The SMILES string of the molecule is Cc1nn(C)c(CC(N)c2cccc(Cl)c2F)c1Br. The van der Waals surface area contributed by atoms with Gasteiger partial charge in [-0.3, -0.25) is 4.68 Å². The Hall–Kier alpha value is -0.910. The standard InChI is InChI=1S/C13H14BrClFN3/c1-7-12(14)11(19(2)18-7)6-10(17)8-4-3-5-9(15)13(8)16/h3-5,10H,6,17H2,1-2H3. The van der Waals surface area contributed by atoms with Gasteiger partial charge in [0.15, 0.2) is 0 Å². The molecule has 0 fully saturated rings. The van der Waals surface area contributed by atoms with E-state index in [1.54, 1.807) is 16.8 Å². The first-order valence-electron chi connectivity index (χ1n) is 5.79. The van der Waals surface area contributed by atoms with Crippen molar-refractivity contribution in [1.82, 2.24) is 9.78 Å². The Morgan fingerprint density at radius 1 is 1.53 bits per heavy atom. The van der Waals surface area contributed by atoms with Gasteiger partial charge in [-0.05, 0) is 28.9 Å². The van der Waals surface area contributed by atoms with Gasteiger partial charge < -0.3 is 5.73 Å². The zero-order valence-corrected chi connectivity index (χ0v) is 13.0. The van der Waals surface area contributed by atoms with Crippen LogP contribution in [0, 0.1) is 12.7 Å². The molecule has 0 bridgehead atoms. The molecule has 0 aliphatic heterocycles. The molecule has 1 unspecified atom stereocenters. The van der Waals surface area contributed by atoms with E-state index in [4.69, 9.17) is 17.3 Å². The monoisotopic (exact) mass is 345 g/mol. The van der Waals surface area contributed by atoms with Crippen molar-refractivity contribution in [1.29, 1.82) is 0 Å². The van der Waals surface area contributed by atoms with Gasteiger partial charge in [0.1, 0.15) is 5.82 Å². The molecule has 0 amide bonds. The second kappa shape index (κ2) is 5.61. The average Bonchev–Trinajstić information content (AvgIpc) is 2.59. The number of hydrogen-bond donors (Lipinski definition) is 1. The fourth-order valence-electron chi connectivity index (χ4n) is 2.03. The van der Waals surface area contributed by atoms with E-state index in [-0.39, 0.29) is 5.02 Å². The highest BCUT2D eigenvalue weighted by molar-refractivity contribution is 9.10. The van der Waals surface area contributed by atoms with Crippen molar-refractivity contribution in [2.45, 2.75) is 19.4 Å². The van der Waals surface area contributed by atoms with Crippen LogP contribution in [0.4, 0.5) is 4.39 Å². The summed E-state index contributed by atoms with van der Waals surface area (Å²) in [5.41, 5.74) is 8.32. The molecule has 1 aromatic carbocycles. The Bertz CT molecular complexity index is 612. The van der Waals surface area contributed by atoms with Crippen LogP contribution in [0.1, 0.15) is 23.0 Å². The van der Waals surface area contributed by atoms with Crippen LogP contribution in [0.2, 0.25) is 5.02 Å². The Kier molecular flexibility index (Phi) is 4.28. The maximum atomic E-state index is 13.9. The molecule has 19 heavy (non-hydrogen) atoms. The number of nitrogens with two attached hydrogens (primary N) is 1. The summed E-state index contributed by atoms with van der Waals surface area (Å²) in [5, 5.41) is 4.38. The molecule has 0 saturated carbocycles. The Morgan fingerprint density at radius 3 is 2.79 bits per heavy atom. The van der Waals surface area contributed by atoms with Crippen molar-refractivity contribution >= 4 is 27.5 Å². The first kappa shape index (κ1) is 14.5. The molecule has 6 heteroatoms. The van der Waals surface area contributed by atoms with E-state index in [1.807, 2.05) is 14.0 Å². The van der Waals surface area contributed by atoms with E-state index in [0.29, 0.717) is 12.0 Å². The van der Waals surface area contributed by atoms with Crippen LogP contribution in [0.5, 0.6) is 0 Å². The van der Waals surface area contributed by atoms with Gasteiger partial charge >= 0.3 is 0 Å². The summed E-state index contributed by atoms with van der Waals surface area (Å²) in [6.07, 6.45) is 0.481. The predicted molar refractivity (Wildman–Crippen MR) is 77.7 cm³/mol. The number of aryl methyl sites for hydroxylation is 2. The first-order valence-corrected chi connectivity index (χ1v) is 6.96. The lowest BCUT2D eigenvalue weighted by Gasteiger charge is -2.14. The number of benzene rings is 1. The van der Waals surface area contributed by atoms with E-state index < -0.39 is 11.9 Å². The lowest BCUT2D eigenvalue weighted by Crippen LogP contribution is -2.17. The minimum atomic E-state index is -0.468. The van der Waals surface area contributed by atoms with Crippen LogP contribution in [0.25, 0.3) is 0 Å². The highest BCUT2D eigenvalue weighted by atomic mass is 79.9. The summed E-state index contributed by atoms with van der Waals surface area (Å²) in [6, 6.07) is 4.40. The topological polar surface area (TPSA) is 43.8 Å². The quantitative estimate of drug-likeness (QED) is 0.924. The summed E-state index contributed by atoms with van der Waals surface area (Å²) >= 11 is 9.25. The first-order chi connectivity index (χ1) is 8.91. The molecule has 1 aromatic heterocycles. The third kappa shape index (κ3) is 2.83. The van der Waals surface area contributed by atoms with Crippen molar-refractivity contribution in [2.75, 3.05) is 0 Å². The van der Waals surface area contributed by atoms with Crippen LogP contribution in [0.15, 0.2) is 22.7 Å². The molecule has 0 aliphatic carbocycles. The average molecular weight is 347 g/mol. The molecular weight excluding hydrogens is 333 g/mol. The van der Waals surface area contributed by atoms with Gasteiger partial charge in [0.2, 0.25) is 0 Å². The van der Waals surface area contributed by atoms with Gasteiger partial charge in [-0.15, -0.1) is 0 Å². The second-order valence-corrected chi connectivity index (χ2v) is 5.62. The lowest BCUT2D eigenvalue weighted by molar-refractivity contribution is 0.568. The highest BCUT2D eigenvalue weighted by Crippen LogP contribution is 2.28. The maximum absolute atomic E-state index is 13.9. The lowest BCUT2D eigenvalue weighted by atomic mass is 10.0. The van der Waals surface area contributed by atoms with Crippen LogP contribution < -0.4 is 5.73 Å². The number of aromatic nitrogens is 2. The molecule has 2 N–H and O–H groups in total. The highest BCUT2D eigenvalue weighted by Gasteiger charge is 2.18. The molecule has 2 rings (SSSR count). The van der Waals surface area contributed by atoms with E-state index in [0.717, 1.165) is 15.9 Å². The zero-order chi connectivity index (χ0) is 14.2. The molecule has 0 aliphatic rings. The van der Waals surface area contributed by atoms with E-state index in [2.05, 4.69) is 21.0 Å². The van der Waals surface area contributed by atoms with Gasteiger partial charge in [-0.1, -0.05) is 23.7 Å². The van der Waals surface area contributed by atoms with E-state index in [1.165, 1.54) is 6.07 Å². The summed E-state index contributed by atoms with van der Waals surface area (Å²) < 4.78 is 16.6. The molecule has 1 atom stereocenters. The van der Waals surface area contributed by atoms with Crippen molar-refractivity contribution in [3.8, 4) is 0 Å². The van der Waals surface area contributed by atoms with Crippen molar-refractivity contribution < 1.29 is 4.39 Å². The van der Waals surface area contributed by atoms with Crippen LogP contribution in [-0.4, -0.2) is 9.78 Å². The van der Waals surface area contributed by atoms with Crippen molar-refractivity contribution in [2.24, 2.45) is 12.8 Å². The smallest absolute Gasteiger partial charge is 0.146 e. The van der Waals surface area contributed by atoms with Gasteiger partial charge in [-0.25, -0.2) is 4.39 Å². The molecule has 3 nitrogen and oxygen atoms in total. The maximum Gasteiger partial charge on any atom is 0.146 e. The molecule has 102 valence electrons. The largest absolute Gasteiger partial charge is 0.324 e. The molecule has 0 spiro atoms. The van der Waals surface area contributed by atoms with Gasteiger partial charge in [0.25, 0.3) is 0 Å². The second-order valence-electron chi connectivity index (χ2n) is 4.42. The summed E-state index contributed by atoms with van der Waals surface area (Å²) in [5.74, 6) is -0.452. The Labute approximate surface area is 124 Å². The number of hydrogen-bond acceptors (Lipinski definition) is 2. The van der Waals surface area contributed by atoms with Gasteiger partial charge in [0, 0.05) is 25.1 Å². The molecule has 2 aromatic rings. The van der Waals surface area contributed by atoms with Crippen molar-refractivity contribution in [3.05, 3.63) is 50.5 Å². The summed E-state index contributed by atoms with van der Waals surface area (Å²) in [7, 11) is 1.84. The van der Waals surface area contributed by atoms with Crippen LogP contribution in [-0.2, 0) is 13.5 Å². The third-order valence-corrected chi connectivity index (χ3v) is 4.38. The fraction of sp³-hybridized carbons (Fsp3) is 0.308. The molecule has 0 radical (unpaired) electrons. The minimum Gasteiger partial charge on any atom is -0.324 e. The predicted octanol–water partition coefficient (Wildman–Crippen LogP) is 3.53. The molecular formula is C13H14BrClFN3. The van der Waals surface area contributed by atoms with Gasteiger partial charge in [-0.2, -0.15) is 5.10 Å². The summed E-state index contributed by atoms with van der Waals surface area (Å²) in [4.78, 5) is 0. The third-order valence-electron chi connectivity index (χ3n) is 3.06. The van der Waals surface area contributed by atoms with E-state index >= 15 is 0 Å². The minimum absolute atomic E-state index is 0.0909. The zero-order valence-electron chi connectivity index (χ0n) is 10.6. The van der Waals surface area contributed by atoms with Gasteiger partial charge in [0.05, 0.1) is 20.9 Å². The van der Waals surface area contributed by atoms with E-state index in [9.17, 15) is 4.39 Å². The Balaban J connectivity index is 2.31. The van der Waals surface area contributed by atoms with Crippen molar-refractivity contribution in [3.63, 3.8) is 0 Å². The Morgan fingerprint density at radius 2 is 2.21 bits per heavy atom. The molecule has 1 heterocycles. The van der Waals surface area contributed by atoms with Crippen LogP contribution in [0.3, 0.4) is 0 Å². The number of nitrogens with zero attached hydrogens (tertiary/aromatic N) is 2.